The molecule has 1 aliphatic carbocycles. The molecular weight excluding hydrogens is 316 g/mol. The second-order valence-electron chi connectivity index (χ2n) is 7.06. The summed E-state index contributed by atoms with van der Waals surface area (Å²) in [6.45, 7) is -0.202. The normalized spacial score (nSPS) is 19.1. The Bertz CT molecular complexity index is 868. The minimum atomic E-state index is -0.527. The quantitative estimate of drug-likeness (QED) is 0.876. The molecule has 1 spiro atoms. The second-order valence-corrected chi connectivity index (χ2v) is 7.06. The third kappa shape index (κ3) is 2.80. The van der Waals surface area contributed by atoms with Gasteiger partial charge in [0.15, 0.2) is 0 Å². The lowest BCUT2D eigenvalue weighted by atomic mass is 9.84. The van der Waals surface area contributed by atoms with Crippen molar-refractivity contribution in [2.24, 2.45) is 5.41 Å². The summed E-state index contributed by atoms with van der Waals surface area (Å²) in [5, 5.41) is 4.91. The van der Waals surface area contributed by atoms with Crippen molar-refractivity contribution in [2.45, 2.75) is 32.1 Å². The monoisotopic (exact) mass is 336 g/mol. The highest BCUT2D eigenvalue weighted by Gasteiger charge is 2.52. The minimum Gasteiger partial charge on any atom is -0.325 e. The van der Waals surface area contributed by atoms with Crippen molar-refractivity contribution < 1.29 is 14.4 Å². The first kappa shape index (κ1) is 15.8. The molecule has 0 radical (unpaired) electrons. The van der Waals surface area contributed by atoms with E-state index in [4.69, 9.17) is 0 Å². The van der Waals surface area contributed by atoms with E-state index in [1.165, 1.54) is 0 Å². The maximum atomic E-state index is 12.6. The predicted molar refractivity (Wildman–Crippen MR) is 94.8 cm³/mol. The standard InChI is InChI=1S/C20H20N2O3/c23-17(21-16-8-7-14-5-1-2-6-15(14)11-16)13-22-18(24)12-20(19(22)25)9-3-4-10-20/h1-2,5-8,11H,3-4,9-10,12-13H2,(H,21,23). The third-order valence-electron chi connectivity index (χ3n) is 5.39. The Morgan fingerprint density at radius 1 is 1.04 bits per heavy atom. The average Bonchev–Trinajstić information content (AvgIpc) is 3.16. The number of carbonyl (C=O) groups is 3. The van der Waals surface area contributed by atoms with Crippen molar-refractivity contribution in [3.63, 3.8) is 0 Å². The van der Waals surface area contributed by atoms with Gasteiger partial charge in [-0.1, -0.05) is 43.2 Å². The molecule has 2 fully saturated rings. The van der Waals surface area contributed by atoms with Crippen LogP contribution in [0.3, 0.4) is 0 Å². The minimum absolute atomic E-state index is 0.163. The second kappa shape index (κ2) is 5.99. The number of carbonyl (C=O) groups excluding carboxylic acids is 3. The molecule has 2 aromatic carbocycles. The number of hydrogen-bond donors (Lipinski definition) is 1. The molecule has 1 saturated carbocycles. The Morgan fingerprint density at radius 3 is 2.52 bits per heavy atom. The van der Waals surface area contributed by atoms with Crippen molar-refractivity contribution in [1.29, 1.82) is 0 Å². The summed E-state index contributed by atoms with van der Waals surface area (Å²) in [6.07, 6.45) is 3.75. The molecule has 0 atom stereocenters. The fourth-order valence-electron chi connectivity index (χ4n) is 4.07. The molecule has 4 rings (SSSR count). The predicted octanol–water partition coefficient (Wildman–Crippen LogP) is 3.10. The van der Waals surface area contributed by atoms with E-state index >= 15 is 0 Å². The van der Waals surface area contributed by atoms with E-state index in [1.54, 1.807) is 0 Å². The van der Waals surface area contributed by atoms with Gasteiger partial charge in [-0.25, -0.2) is 0 Å². The molecule has 1 N–H and O–H groups in total. The molecular formula is C20H20N2O3. The Hall–Kier alpha value is -2.69. The highest BCUT2D eigenvalue weighted by molar-refractivity contribution is 6.09. The first-order valence-electron chi connectivity index (χ1n) is 8.71. The van der Waals surface area contributed by atoms with E-state index in [-0.39, 0.29) is 30.7 Å². The van der Waals surface area contributed by atoms with Crippen molar-refractivity contribution in [3.05, 3.63) is 42.5 Å². The number of nitrogens with zero attached hydrogens (tertiary/aromatic N) is 1. The van der Waals surface area contributed by atoms with Crippen LogP contribution < -0.4 is 5.32 Å². The van der Waals surface area contributed by atoms with Gasteiger partial charge in [-0.15, -0.1) is 0 Å². The van der Waals surface area contributed by atoms with Crippen molar-refractivity contribution >= 4 is 34.2 Å². The van der Waals surface area contributed by atoms with Gasteiger partial charge in [0.05, 0.1) is 5.41 Å². The lowest BCUT2D eigenvalue weighted by molar-refractivity contribution is -0.143. The fourth-order valence-corrected chi connectivity index (χ4v) is 4.07. The number of likely N-dealkylation sites (tertiary alicyclic amines) is 1. The number of rotatable bonds is 3. The Labute approximate surface area is 146 Å². The molecule has 3 amide bonds. The Balaban J connectivity index is 1.46. The maximum Gasteiger partial charge on any atom is 0.244 e. The highest BCUT2D eigenvalue weighted by Crippen LogP contribution is 2.46. The molecule has 2 aromatic rings. The van der Waals surface area contributed by atoms with Crippen LogP contribution in [0.1, 0.15) is 32.1 Å². The molecule has 0 bridgehead atoms. The molecule has 128 valence electrons. The number of anilines is 1. The summed E-state index contributed by atoms with van der Waals surface area (Å²) in [5.41, 5.74) is 0.138. The van der Waals surface area contributed by atoms with Crippen LogP contribution in [-0.2, 0) is 14.4 Å². The van der Waals surface area contributed by atoms with Crippen LogP contribution >= 0.6 is 0 Å². The zero-order chi connectivity index (χ0) is 17.4. The molecule has 1 heterocycles. The zero-order valence-corrected chi connectivity index (χ0v) is 14.0. The number of fused-ring (bicyclic) bond motifs is 1. The lowest BCUT2D eigenvalue weighted by Crippen LogP contribution is -2.39. The average molecular weight is 336 g/mol. The van der Waals surface area contributed by atoms with Gasteiger partial charge in [-0.05, 0) is 35.7 Å². The molecule has 1 saturated heterocycles. The van der Waals surface area contributed by atoms with E-state index in [2.05, 4.69) is 5.32 Å². The van der Waals surface area contributed by atoms with Crippen LogP contribution in [0, 0.1) is 5.41 Å². The molecule has 2 aliphatic rings. The van der Waals surface area contributed by atoms with Gasteiger partial charge in [0.25, 0.3) is 0 Å². The van der Waals surface area contributed by atoms with Crippen LogP contribution in [0.2, 0.25) is 0 Å². The van der Waals surface area contributed by atoms with Crippen molar-refractivity contribution in [3.8, 4) is 0 Å². The van der Waals surface area contributed by atoms with E-state index in [9.17, 15) is 14.4 Å². The van der Waals surface area contributed by atoms with E-state index < -0.39 is 5.41 Å². The first-order valence-corrected chi connectivity index (χ1v) is 8.71. The van der Waals surface area contributed by atoms with Gasteiger partial charge in [-0.2, -0.15) is 0 Å². The van der Waals surface area contributed by atoms with Gasteiger partial charge < -0.3 is 5.32 Å². The fraction of sp³-hybridized carbons (Fsp3) is 0.350. The summed E-state index contributed by atoms with van der Waals surface area (Å²) >= 11 is 0. The highest BCUT2D eigenvalue weighted by atomic mass is 16.2. The molecule has 5 nitrogen and oxygen atoms in total. The van der Waals surface area contributed by atoms with Crippen LogP contribution in [0.4, 0.5) is 5.69 Å². The molecule has 5 heteroatoms. The number of nitrogens with one attached hydrogen (secondary N) is 1. The summed E-state index contributed by atoms with van der Waals surface area (Å²) in [6, 6.07) is 13.5. The molecule has 0 aromatic heterocycles. The van der Waals surface area contributed by atoms with Crippen molar-refractivity contribution in [1.82, 2.24) is 4.90 Å². The topological polar surface area (TPSA) is 66.5 Å². The van der Waals surface area contributed by atoms with Crippen LogP contribution in [0.5, 0.6) is 0 Å². The molecule has 1 aliphatic heterocycles. The largest absolute Gasteiger partial charge is 0.325 e. The smallest absolute Gasteiger partial charge is 0.244 e. The van der Waals surface area contributed by atoms with Gasteiger partial charge in [0.1, 0.15) is 6.54 Å². The summed E-state index contributed by atoms with van der Waals surface area (Å²) in [5.74, 6) is -0.726. The van der Waals surface area contributed by atoms with Crippen LogP contribution in [0.15, 0.2) is 42.5 Å². The zero-order valence-electron chi connectivity index (χ0n) is 14.0. The Kier molecular flexibility index (Phi) is 3.79. The number of amides is 3. The maximum absolute atomic E-state index is 12.6. The lowest BCUT2D eigenvalue weighted by Gasteiger charge is -2.20. The summed E-state index contributed by atoms with van der Waals surface area (Å²) < 4.78 is 0. The van der Waals surface area contributed by atoms with Gasteiger partial charge in [0.2, 0.25) is 17.7 Å². The van der Waals surface area contributed by atoms with Crippen LogP contribution in [0.25, 0.3) is 10.8 Å². The molecule has 25 heavy (non-hydrogen) atoms. The van der Waals surface area contributed by atoms with Gasteiger partial charge in [-0.3, -0.25) is 19.3 Å². The van der Waals surface area contributed by atoms with Gasteiger partial charge >= 0.3 is 0 Å². The van der Waals surface area contributed by atoms with E-state index in [0.29, 0.717) is 5.69 Å². The van der Waals surface area contributed by atoms with Crippen molar-refractivity contribution in [2.75, 3.05) is 11.9 Å². The van der Waals surface area contributed by atoms with Crippen LogP contribution in [-0.4, -0.2) is 29.2 Å². The van der Waals surface area contributed by atoms with Gasteiger partial charge in [0, 0.05) is 12.1 Å². The third-order valence-corrected chi connectivity index (χ3v) is 5.39. The number of imide groups is 1. The Morgan fingerprint density at radius 2 is 1.76 bits per heavy atom. The number of hydrogen-bond acceptors (Lipinski definition) is 3. The first-order chi connectivity index (χ1) is 12.1. The summed E-state index contributed by atoms with van der Waals surface area (Å²) in [4.78, 5) is 38.3. The molecule has 0 unspecified atom stereocenters. The van der Waals surface area contributed by atoms with E-state index in [0.717, 1.165) is 41.4 Å². The van der Waals surface area contributed by atoms with E-state index in [1.807, 2.05) is 42.5 Å². The number of benzene rings is 2. The summed E-state index contributed by atoms with van der Waals surface area (Å²) in [7, 11) is 0. The SMILES string of the molecule is O=C(CN1C(=O)CC2(CCCC2)C1=O)Nc1ccc2ccccc2c1.